The van der Waals surface area contributed by atoms with Crippen molar-refractivity contribution in [3.8, 4) is 0 Å². The number of aromatic nitrogens is 1. The number of carbonyl (C=O) groups excluding carboxylic acids is 1. The second-order valence-corrected chi connectivity index (χ2v) is 11.9. The van der Waals surface area contributed by atoms with Crippen LogP contribution >= 0.6 is 0 Å². The van der Waals surface area contributed by atoms with E-state index >= 15 is 0 Å². The molecule has 5 heterocycles. The van der Waals surface area contributed by atoms with Crippen LogP contribution in [-0.4, -0.2) is 52.4 Å². The Morgan fingerprint density at radius 1 is 1.09 bits per heavy atom. The first kappa shape index (κ1) is 19.8. The normalized spacial score (nSPS) is 48.8. The van der Waals surface area contributed by atoms with Crippen LogP contribution in [0.25, 0.3) is 0 Å². The third-order valence-corrected chi connectivity index (χ3v) is 10.1. The third-order valence-electron chi connectivity index (χ3n) is 10.1. The fraction of sp³-hybridized carbons (Fsp3) is 0.769. The highest BCUT2D eigenvalue weighted by Gasteiger charge is 2.77. The SMILES string of the molecule is C[C@@H]1CC[C@H]2[C@H](CN3C[C@@H]4C[C@H](C3)c3cccc(=O)n3C4)C(=O)O[C@]23[C@H]1CC[C@@]1(C)O[C@@H]31. The lowest BCUT2D eigenvalue weighted by atomic mass is 9.55. The number of carbonyl (C=O) groups is 1. The molecule has 6 nitrogen and oxygen atoms in total. The fourth-order valence-corrected chi connectivity index (χ4v) is 8.68. The van der Waals surface area contributed by atoms with Crippen LogP contribution in [0.15, 0.2) is 23.0 Å². The van der Waals surface area contributed by atoms with Crippen molar-refractivity contribution in [2.75, 3.05) is 19.6 Å². The Kier molecular flexibility index (Phi) is 4.00. The molecule has 4 aliphatic heterocycles. The molecule has 2 aliphatic carbocycles. The Bertz CT molecular complexity index is 1040. The molecule has 6 heteroatoms. The highest BCUT2D eigenvalue weighted by Crippen LogP contribution is 2.66. The van der Waals surface area contributed by atoms with Crippen molar-refractivity contribution in [2.45, 2.75) is 75.7 Å². The summed E-state index contributed by atoms with van der Waals surface area (Å²) in [5.41, 5.74) is 0.821. The predicted molar refractivity (Wildman–Crippen MR) is 118 cm³/mol. The van der Waals surface area contributed by atoms with E-state index in [1.807, 2.05) is 10.6 Å². The molecule has 2 bridgehead atoms. The van der Waals surface area contributed by atoms with Crippen LogP contribution in [0.5, 0.6) is 0 Å². The van der Waals surface area contributed by atoms with Gasteiger partial charge in [-0.15, -0.1) is 0 Å². The Morgan fingerprint density at radius 2 is 1.97 bits per heavy atom. The molecule has 0 aromatic carbocycles. The van der Waals surface area contributed by atoms with E-state index in [-0.39, 0.29) is 35.1 Å². The molecule has 6 aliphatic rings. The standard InChI is InChI=1S/C26H34N2O4/c1-15-6-7-20-18(23(30)31-26(20)19(15)8-9-25(2)24(26)32-25)14-27-11-16-10-17(13-27)21-4-3-5-22(29)28(21)12-16/h3-5,15-20,24H,6-14H2,1-2H3/t15-,16+,17-,18+,19+,20+,24-,25-,26-/m1/s1. The molecule has 0 N–H and O–H groups in total. The zero-order valence-corrected chi connectivity index (χ0v) is 19.2. The van der Waals surface area contributed by atoms with Gasteiger partial charge in [-0.3, -0.25) is 9.59 Å². The summed E-state index contributed by atoms with van der Waals surface area (Å²) in [6, 6.07) is 5.68. The number of fused-ring (bicyclic) bond motifs is 5. The summed E-state index contributed by atoms with van der Waals surface area (Å²) in [6.07, 6.45) is 5.71. The number of piperidine rings is 1. The molecular weight excluding hydrogens is 404 g/mol. The van der Waals surface area contributed by atoms with Crippen LogP contribution in [0.4, 0.5) is 0 Å². The van der Waals surface area contributed by atoms with Gasteiger partial charge in [0.2, 0.25) is 0 Å². The zero-order chi connectivity index (χ0) is 21.8. The molecule has 0 unspecified atom stereocenters. The van der Waals surface area contributed by atoms with Crippen LogP contribution < -0.4 is 5.56 Å². The van der Waals surface area contributed by atoms with Gasteiger partial charge in [0, 0.05) is 55.7 Å². The number of hydrogen-bond acceptors (Lipinski definition) is 5. The second-order valence-electron chi connectivity index (χ2n) is 11.9. The molecule has 0 radical (unpaired) electrons. The van der Waals surface area contributed by atoms with Crippen LogP contribution in [0.1, 0.15) is 57.6 Å². The van der Waals surface area contributed by atoms with Crippen LogP contribution in [0.3, 0.4) is 0 Å². The fourth-order valence-electron chi connectivity index (χ4n) is 8.68. The smallest absolute Gasteiger partial charge is 0.311 e. The first-order valence-corrected chi connectivity index (χ1v) is 12.7. The number of nitrogens with zero attached hydrogens (tertiary/aromatic N) is 2. The molecule has 9 atom stereocenters. The van der Waals surface area contributed by atoms with Gasteiger partial charge in [-0.05, 0) is 56.9 Å². The minimum Gasteiger partial charge on any atom is -0.455 e. The maximum absolute atomic E-state index is 13.4. The monoisotopic (exact) mass is 438 g/mol. The highest BCUT2D eigenvalue weighted by molar-refractivity contribution is 5.77. The highest BCUT2D eigenvalue weighted by atomic mass is 16.7. The Labute approximate surface area is 189 Å². The molecule has 172 valence electrons. The van der Waals surface area contributed by atoms with Gasteiger partial charge in [0.25, 0.3) is 5.56 Å². The molecule has 5 fully saturated rings. The van der Waals surface area contributed by atoms with E-state index in [4.69, 9.17) is 9.47 Å². The van der Waals surface area contributed by atoms with Crippen molar-refractivity contribution in [3.63, 3.8) is 0 Å². The van der Waals surface area contributed by atoms with Crippen molar-refractivity contribution < 1.29 is 14.3 Å². The average Bonchev–Trinajstić information content (AvgIpc) is 3.39. The summed E-state index contributed by atoms with van der Waals surface area (Å²) in [7, 11) is 0. The van der Waals surface area contributed by atoms with E-state index < -0.39 is 5.60 Å². The number of hydrogen-bond donors (Lipinski definition) is 0. The van der Waals surface area contributed by atoms with Gasteiger partial charge in [-0.25, -0.2) is 0 Å². The average molecular weight is 439 g/mol. The quantitative estimate of drug-likeness (QED) is 0.525. The van der Waals surface area contributed by atoms with Gasteiger partial charge in [-0.1, -0.05) is 13.0 Å². The van der Waals surface area contributed by atoms with Crippen LogP contribution in [-0.2, 0) is 20.8 Å². The van der Waals surface area contributed by atoms with E-state index in [9.17, 15) is 9.59 Å². The minimum absolute atomic E-state index is 0.0150. The molecule has 32 heavy (non-hydrogen) atoms. The third kappa shape index (κ3) is 2.54. The summed E-state index contributed by atoms with van der Waals surface area (Å²) in [5.74, 6) is 2.14. The van der Waals surface area contributed by atoms with Gasteiger partial charge in [0.15, 0.2) is 0 Å². The maximum atomic E-state index is 13.4. The molecule has 1 aromatic heterocycles. The predicted octanol–water partition coefficient (Wildman–Crippen LogP) is 2.79. The van der Waals surface area contributed by atoms with Gasteiger partial charge < -0.3 is 18.9 Å². The van der Waals surface area contributed by atoms with Crippen LogP contribution in [0.2, 0.25) is 0 Å². The van der Waals surface area contributed by atoms with E-state index in [1.165, 1.54) is 12.1 Å². The molecule has 3 saturated heterocycles. The molecule has 1 spiro atoms. The lowest BCUT2D eigenvalue weighted by Crippen LogP contribution is -2.58. The lowest BCUT2D eigenvalue weighted by Gasteiger charge is -2.50. The van der Waals surface area contributed by atoms with Gasteiger partial charge in [0.05, 0.1) is 11.5 Å². The summed E-state index contributed by atoms with van der Waals surface area (Å²) in [4.78, 5) is 28.2. The Morgan fingerprint density at radius 3 is 2.84 bits per heavy atom. The van der Waals surface area contributed by atoms with Crippen molar-refractivity contribution >= 4 is 5.97 Å². The van der Waals surface area contributed by atoms with Gasteiger partial charge in [0.1, 0.15) is 11.7 Å². The van der Waals surface area contributed by atoms with E-state index in [2.05, 4.69) is 24.8 Å². The zero-order valence-electron chi connectivity index (χ0n) is 19.2. The van der Waals surface area contributed by atoms with Gasteiger partial charge in [-0.2, -0.15) is 0 Å². The van der Waals surface area contributed by atoms with E-state index in [0.717, 1.165) is 51.9 Å². The molecule has 7 rings (SSSR count). The number of pyridine rings is 1. The van der Waals surface area contributed by atoms with E-state index in [0.29, 0.717) is 23.7 Å². The Balaban J connectivity index is 1.16. The first-order valence-electron chi connectivity index (χ1n) is 12.7. The summed E-state index contributed by atoms with van der Waals surface area (Å²) in [5, 5.41) is 0. The molecular formula is C26H34N2O4. The van der Waals surface area contributed by atoms with Crippen molar-refractivity contribution in [1.29, 1.82) is 0 Å². The molecule has 1 aromatic rings. The number of esters is 1. The minimum atomic E-state index is -0.391. The van der Waals surface area contributed by atoms with Crippen molar-refractivity contribution in [2.24, 2.45) is 29.6 Å². The largest absolute Gasteiger partial charge is 0.455 e. The first-order chi connectivity index (χ1) is 15.4. The number of likely N-dealkylation sites (tertiary alicyclic amines) is 1. The lowest BCUT2D eigenvalue weighted by molar-refractivity contribution is -0.168. The molecule has 0 amide bonds. The second kappa shape index (κ2) is 6.47. The topological polar surface area (TPSA) is 64.1 Å². The molecule has 2 saturated carbocycles. The summed E-state index contributed by atoms with van der Waals surface area (Å²) < 4.78 is 14.7. The van der Waals surface area contributed by atoms with Crippen LogP contribution in [0, 0.1) is 29.6 Å². The number of ether oxygens (including phenoxy) is 2. The van der Waals surface area contributed by atoms with Crippen molar-refractivity contribution in [1.82, 2.24) is 9.47 Å². The van der Waals surface area contributed by atoms with Gasteiger partial charge >= 0.3 is 5.97 Å². The summed E-state index contributed by atoms with van der Waals surface area (Å²) in [6.45, 7) is 8.06. The van der Waals surface area contributed by atoms with E-state index in [1.54, 1.807) is 6.07 Å². The van der Waals surface area contributed by atoms with Crippen molar-refractivity contribution in [3.05, 3.63) is 34.2 Å². The number of rotatable bonds is 2. The number of epoxide rings is 1. The summed E-state index contributed by atoms with van der Waals surface area (Å²) >= 11 is 0. The maximum Gasteiger partial charge on any atom is 0.311 e. The Hall–Kier alpha value is -1.66.